The molecule has 2 rings (SSSR count). The van der Waals surface area contributed by atoms with Crippen molar-refractivity contribution in [1.29, 1.82) is 0 Å². The molecule has 7 heteroatoms. The van der Waals surface area contributed by atoms with E-state index in [9.17, 15) is 14.0 Å². The number of halogens is 1. The summed E-state index contributed by atoms with van der Waals surface area (Å²) in [5.74, 6) is -1.09. The van der Waals surface area contributed by atoms with Gasteiger partial charge >= 0.3 is 5.97 Å². The van der Waals surface area contributed by atoms with Gasteiger partial charge in [-0.2, -0.15) is 5.10 Å². The molecule has 0 radical (unpaired) electrons. The van der Waals surface area contributed by atoms with Crippen molar-refractivity contribution in [3.63, 3.8) is 0 Å². The first kappa shape index (κ1) is 17.4. The number of hydrogen-bond donors (Lipinski definition) is 2. The topological polar surface area (TPSA) is 91.9 Å². The monoisotopic (exact) mass is 332 g/mol. The van der Waals surface area contributed by atoms with E-state index in [1.807, 2.05) is 0 Å². The van der Waals surface area contributed by atoms with Crippen molar-refractivity contribution in [3.05, 3.63) is 58.8 Å². The molecule has 0 unspecified atom stereocenters. The van der Waals surface area contributed by atoms with Crippen LogP contribution in [0.4, 0.5) is 4.39 Å². The van der Waals surface area contributed by atoms with E-state index in [1.165, 1.54) is 18.2 Å². The summed E-state index contributed by atoms with van der Waals surface area (Å²) < 4.78 is 19.0. The predicted octanol–water partition coefficient (Wildman–Crippen LogP) is 2.90. The highest BCUT2D eigenvalue weighted by atomic mass is 19.1. The summed E-state index contributed by atoms with van der Waals surface area (Å²) in [4.78, 5) is 22.5. The van der Waals surface area contributed by atoms with E-state index in [2.05, 4.69) is 10.5 Å². The third-order valence-corrected chi connectivity index (χ3v) is 3.39. The Morgan fingerprint density at radius 2 is 2.00 bits per heavy atom. The Labute approximate surface area is 138 Å². The molecule has 0 saturated heterocycles. The molecule has 1 aromatic carbocycles. The molecule has 1 aromatic heterocycles. The van der Waals surface area contributed by atoms with Crippen molar-refractivity contribution < 1.29 is 23.5 Å². The standard InChI is InChI=1S/C17H17FN2O4/c1-10(14-9-12(24-11(14)2)7-8-16(21)22)19-20-17(23)13-5-3-4-6-15(13)18/h3-6,9H,7-8H2,1-2H3,(H,20,23)(H,21,22)/b19-10-. The molecule has 0 atom stereocenters. The van der Waals surface area contributed by atoms with Crippen molar-refractivity contribution in [2.45, 2.75) is 26.7 Å². The van der Waals surface area contributed by atoms with Crippen molar-refractivity contribution in [2.24, 2.45) is 5.10 Å². The van der Waals surface area contributed by atoms with E-state index in [4.69, 9.17) is 9.52 Å². The highest BCUT2D eigenvalue weighted by Gasteiger charge is 2.13. The number of carboxylic acid groups (broad SMARTS) is 1. The average Bonchev–Trinajstić information content (AvgIpc) is 2.92. The van der Waals surface area contributed by atoms with Crippen LogP contribution < -0.4 is 5.43 Å². The van der Waals surface area contributed by atoms with E-state index in [0.29, 0.717) is 22.8 Å². The number of nitrogens with zero attached hydrogens (tertiary/aromatic N) is 1. The van der Waals surface area contributed by atoms with Gasteiger partial charge in [0.25, 0.3) is 5.91 Å². The lowest BCUT2D eigenvalue weighted by atomic mass is 10.1. The number of rotatable bonds is 6. The number of nitrogens with one attached hydrogen (secondary N) is 1. The van der Waals surface area contributed by atoms with Gasteiger partial charge in [-0.05, 0) is 32.0 Å². The number of hydrazone groups is 1. The maximum atomic E-state index is 13.5. The Hall–Kier alpha value is -2.96. The van der Waals surface area contributed by atoms with Crippen LogP contribution >= 0.6 is 0 Å². The minimum absolute atomic E-state index is 0.0351. The van der Waals surface area contributed by atoms with Gasteiger partial charge in [0.05, 0.1) is 17.7 Å². The summed E-state index contributed by atoms with van der Waals surface area (Å²) in [6.45, 7) is 3.39. The Balaban J connectivity index is 2.09. The van der Waals surface area contributed by atoms with Crippen molar-refractivity contribution in [3.8, 4) is 0 Å². The van der Waals surface area contributed by atoms with Crippen LogP contribution in [0.5, 0.6) is 0 Å². The van der Waals surface area contributed by atoms with Gasteiger partial charge in [-0.15, -0.1) is 0 Å². The van der Waals surface area contributed by atoms with E-state index < -0.39 is 17.7 Å². The van der Waals surface area contributed by atoms with Crippen LogP contribution in [0.25, 0.3) is 0 Å². The average molecular weight is 332 g/mol. The number of amides is 1. The summed E-state index contributed by atoms with van der Waals surface area (Å²) in [6.07, 6.45) is 0.234. The minimum Gasteiger partial charge on any atom is -0.481 e. The van der Waals surface area contributed by atoms with Gasteiger partial charge in [0, 0.05) is 12.0 Å². The maximum Gasteiger partial charge on any atom is 0.303 e. The summed E-state index contributed by atoms with van der Waals surface area (Å²) in [5, 5.41) is 12.6. The molecule has 0 aliphatic heterocycles. The molecule has 2 aromatic rings. The lowest BCUT2D eigenvalue weighted by molar-refractivity contribution is -0.137. The summed E-state index contributed by atoms with van der Waals surface area (Å²) in [6, 6.07) is 7.30. The fourth-order valence-corrected chi connectivity index (χ4v) is 2.16. The Kier molecular flexibility index (Phi) is 5.47. The van der Waals surface area contributed by atoms with Crippen LogP contribution in [0.15, 0.2) is 39.9 Å². The van der Waals surface area contributed by atoms with Crippen LogP contribution in [0.2, 0.25) is 0 Å². The second-order valence-electron chi connectivity index (χ2n) is 5.19. The Bertz CT molecular complexity index is 796. The Morgan fingerprint density at radius 1 is 1.29 bits per heavy atom. The summed E-state index contributed by atoms with van der Waals surface area (Å²) in [5.41, 5.74) is 3.33. The smallest absolute Gasteiger partial charge is 0.303 e. The zero-order valence-corrected chi connectivity index (χ0v) is 13.3. The van der Waals surface area contributed by atoms with Gasteiger partial charge < -0.3 is 9.52 Å². The second-order valence-corrected chi connectivity index (χ2v) is 5.19. The summed E-state index contributed by atoms with van der Waals surface area (Å²) in [7, 11) is 0. The predicted molar refractivity (Wildman–Crippen MR) is 85.5 cm³/mol. The molecule has 6 nitrogen and oxygen atoms in total. The minimum atomic E-state index is -0.909. The van der Waals surface area contributed by atoms with Gasteiger partial charge in [-0.1, -0.05) is 12.1 Å². The van der Waals surface area contributed by atoms with Crippen LogP contribution in [0.1, 0.15) is 40.8 Å². The van der Waals surface area contributed by atoms with Crippen molar-refractivity contribution in [2.75, 3.05) is 0 Å². The molecule has 1 heterocycles. The van der Waals surface area contributed by atoms with Crippen molar-refractivity contribution >= 4 is 17.6 Å². The molecule has 126 valence electrons. The third-order valence-electron chi connectivity index (χ3n) is 3.39. The zero-order valence-electron chi connectivity index (χ0n) is 13.3. The number of carboxylic acids is 1. The zero-order chi connectivity index (χ0) is 17.7. The van der Waals surface area contributed by atoms with Crippen LogP contribution in [-0.2, 0) is 11.2 Å². The highest BCUT2D eigenvalue weighted by molar-refractivity contribution is 6.01. The van der Waals surface area contributed by atoms with Crippen LogP contribution in [0, 0.1) is 12.7 Å². The quantitative estimate of drug-likeness (QED) is 0.628. The molecule has 0 fully saturated rings. The number of aliphatic carboxylic acids is 1. The lowest BCUT2D eigenvalue weighted by Gasteiger charge is -2.03. The van der Waals surface area contributed by atoms with E-state index in [0.717, 1.165) is 0 Å². The molecule has 0 aliphatic carbocycles. The van der Waals surface area contributed by atoms with Crippen LogP contribution in [0.3, 0.4) is 0 Å². The second kappa shape index (κ2) is 7.54. The summed E-state index contributed by atoms with van der Waals surface area (Å²) >= 11 is 0. The molecular weight excluding hydrogens is 315 g/mol. The van der Waals surface area contributed by atoms with Gasteiger partial charge in [-0.25, -0.2) is 9.82 Å². The number of furan rings is 1. The van der Waals surface area contributed by atoms with Gasteiger partial charge in [-0.3, -0.25) is 9.59 Å². The first-order valence-corrected chi connectivity index (χ1v) is 7.29. The Morgan fingerprint density at radius 3 is 2.67 bits per heavy atom. The maximum absolute atomic E-state index is 13.5. The molecule has 0 saturated carbocycles. The number of carbonyl (C=O) groups excluding carboxylic acids is 1. The number of hydrogen-bond acceptors (Lipinski definition) is 4. The normalized spacial score (nSPS) is 11.4. The fourth-order valence-electron chi connectivity index (χ4n) is 2.16. The van der Waals surface area contributed by atoms with E-state index in [-0.39, 0.29) is 18.4 Å². The molecule has 2 N–H and O–H groups in total. The lowest BCUT2D eigenvalue weighted by Crippen LogP contribution is -2.20. The molecular formula is C17H17FN2O4. The first-order chi connectivity index (χ1) is 11.4. The molecule has 24 heavy (non-hydrogen) atoms. The fraction of sp³-hybridized carbons (Fsp3) is 0.235. The largest absolute Gasteiger partial charge is 0.481 e. The molecule has 0 bridgehead atoms. The van der Waals surface area contributed by atoms with Crippen molar-refractivity contribution in [1.82, 2.24) is 5.43 Å². The molecule has 0 spiro atoms. The SMILES string of the molecule is C/C(=N/NC(=O)c1ccccc1F)c1cc(CCC(=O)O)oc1C. The van der Waals surface area contributed by atoms with E-state index in [1.54, 1.807) is 26.0 Å². The molecule has 1 amide bonds. The van der Waals surface area contributed by atoms with Gasteiger partial charge in [0.1, 0.15) is 17.3 Å². The van der Waals surface area contributed by atoms with Crippen LogP contribution in [-0.4, -0.2) is 22.7 Å². The van der Waals surface area contributed by atoms with E-state index >= 15 is 0 Å². The third kappa shape index (κ3) is 4.28. The number of benzene rings is 1. The van der Waals surface area contributed by atoms with Gasteiger partial charge in [0.15, 0.2) is 0 Å². The molecule has 0 aliphatic rings. The highest BCUT2D eigenvalue weighted by Crippen LogP contribution is 2.17. The van der Waals surface area contributed by atoms with Gasteiger partial charge in [0.2, 0.25) is 0 Å². The number of carbonyl (C=O) groups is 2. The first-order valence-electron chi connectivity index (χ1n) is 7.29. The number of aryl methyl sites for hydroxylation is 2.